The van der Waals surface area contributed by atoms with Crippen molar-refractivity contribution >= 4 is 12.9 Å². The van der Waals surface area contributed by atoms with Gasteiger partial charge in [0.25, 0.3) is 0 Å². The molecule has 0 radical (unpaired) electrons. The minimum atomic E-state index is -3.95. The van der Waals surface area contributed by atoms with Crippen LogP contribution in [0.15, 0.2) is 48.5 Å². The van der Waals surface area contributed by atoms with Crippen LogP contribution >= 0.6 is 7.60 Å². The largest absolute Gasteiger partial charge is 0.418 e. The molecule has 0 spiro atoms. The van der Waals surface area contributed by atoms with Crippen molar-refractivity contribution in [1.82, 2.24) is 0 Å². The fraction of sp³-hybridized carbons (Fsp3) is 0.0769. The van der Waals surface area contributed by atoms with E-state index in [1.165, 1.54) is 36.4 Å². The summed E-state index contributed by atoms with van der Waals surface area (Å²) in [5.41, 5.74) is 0. The third-order valence-electron chi connectivity index (χ3n) is 2.44. The van der Waals surface area contributed by atoms with Gasteiger partial charge in [-0.3, -0.25) is 4.52 Å². The fourth-order valence-electron chi connectivity index (χ4n) is 1.51. The van der Waals surface area contributed by atoms with Crippen LogP contribution < -0.4 is 9.83 Å². The van der Waals surface area contributed by atoms with E-state index < -0.39 is 19.2 Å². The van der Waals surface area contributed by atoms with Gasteiger partial charge in [0, 0.05) is 7.11 Å². The molecular formula is C13H11F2O3P. The highest BCUT2D eigenvalue weighted by atomic mass is 31.2. The minimum Gasteiger partial charge on any atom is -0.418 e. The van der Waals surface area contributed by atoms with E-state index in [-0.39, 0.29) is 11.1 Å². The second-order valence-corrected chi connectivity index (χ2v) is 5.68. The number of hydrogen-bond donors (Lipinski definition) is 0. The first-order chi connectivity index (χ1) is 9.07. The van der Waals surface area contributed by atoms with Crippen LogP contribution in [0.3, 0.4) is 0 Å². The molecule has 0 amide bonds. The first-order valence-corrected chi connectivity index (χ1v) is 6.96. The second kappa shape index (κ2) is 5.51. The van der Waals surface area contributed by atoms with Gasteiger partial charge < -0.3 is 4.52 Å². The molecule has 100 valence electrons. The molecule has 3 nitrogen and oxygen atoms in total. The second-order valence-electron chi connectivity index (χ2n) is 3.65. The van der Waals surface area contributed by atoms with Crippen molar-refractivity contribution < 1.29 is 22.4 Å². The van der Waals surface area contributed by atoms with Crippen LogP contribution in [-0.2, 0) is 9.09 Å². The summed E-state index contributed by atoms with van der Waals surface area (Å²) >= 11 is 0. The molecule has 0 fully saturated rings. The lowest BCUT2D eigenvalue weighted by atomic mass is 10.3. The lowest BCUT2D eigenvalue weighted by Crippen LogP contribution is -2.15. The zero-order valence-electron chi connectivity index (χ0n) is 10.0. The predicted molar refractivity (Wildman–Crippen MR) is 67.7 cm³/mol. The highest BCUT2D eigenvalue weighted by Crippen LogP contribution is 2.47. The molecule has 19 heavy (non-hydrogen) atoms. The zero-order valence-corrected chi connectivity index (χ0v) is 10.9. The summed E-state index contributed by atoms with van der Waals surface area (Å²) in [5.74, 6) is -1.68. The molecule has 0 aliphatic rings. The third-order valence-corrected chi connectivity index (χ3v) is 4.31. The van der Waals surface area contributed by atoms with Crippen LogP contribution in [0.1, 0.15) is 0 Å². The molecule has 0 aromatic heterocycles. The van der Waals surface area contributed by atoms with Crippen LogP contribution in [0, 0.1) is 11.6 Å². The molecule has 0 heterocycles. The van der Waals surface area contributed by atoms with Gasteiger partial charge in [-0.25, -0.2) is 13.3 Å². The number of halogens is 2. The number of para-hydroxylation sites is 1. The Labute approximate surface area is 109 Å². The molecule has 2 rings (SSSR count). The standard InChI is InChI=1S/C13H11F2O3P/c1-17-19(16,13-9-5-3-7-11(13)15)18-12-8-4-2-6-10(12)14/h2-9H,1H3. The number of hydrogen-bond acceptors (Lipinski definition) is 3. The SMILES string of the molecule is COP(=O)(Oc1ccccc1F)c1ccccc1F. The van der Waals surface area contributed by atoms with E-state index >= 15 is 0 Å². The monoisotopic (exact) mass is 284 g/mol. The summed E-state index contributed by atoms with van der Waals surface area (Å²) in [6, 6.07) is 10.8. The van der Waals surface area contributed by atoms with Gasteiger partial charge in [-0.05, 0) is 24.3 Å². The van der Waals surface area contributed by atoms with Gasteiger partial charge in [0.2, 0.25) is 0 Å². The summed E-state index contributed by atoms with van der Waals surface area (Å²) in [6.07, 6.45) is 0. The highest BCUT2D eigenvalue weighted by Gasteiger charge is 2.31. The number of rotatable bonds is 4. The molecule has 0 aliphatic heterocycles. The van der Waals surface area contributed by atoms with Crippen molar-refractivity contribution in [3.05, 3.63) is 60.2 Å². The molecule has 0 aliphatic carbocycles. The molecule has 2 aromatic rings. The molecule has 0 saturated carbocycles. The van der Waals surface area contributed by atoms with E-state index in [2.05, 4.69) is 0 Å². The van der Waals surface area contributed by atoms with Crippen LogP contribution in [-0.4, -0.2) is 7.11 Å². The van der Waals surface area contributed by atoms with Gasteiger partial charge in [-0.2, -0.15) is 0 Å². The zero-order chi connectivity index (χ0) is 13.9. The van der Waals surface area contributed by atoms with E-state index in [1.807, 2.05) is 0 Å². The Kier molecular flexibility index (Phi) is 3.98. The average molecular weight is 284 g/mol. The average Bonchev–Trinajstić information content (AvgIpc) is 2.42. The molecule has 6 heteroatoms. The van der Waals surface area contributed by atoms with Crippen molar-refractivity contribution in [3.63, 3.8) is 0 Å². The van der Waals surface area contributed by atoms with Crippen LogP contribution in [0.4, 0.5) is 8.78 Å². The molecule has 0 N–H and O–H groups in total. The third kappa shape index (κ3) is 2.83. The van der Waals surface area contributed by atoms with Gasteiger partial charge in [0.05, 0.1) is 0 Å². The lowest BCUT2D eigenvalue weighted by molar-refractivity contribution is 0.327. The summed E-state index contributed by atoms with van der Waals surface area (Å²) in [7, 11) is -2.83. The van der Waals surface area contributed by atoms with Crippen molar-refractivity contribution in [2.75, 3.05) is 7.11 Å². The van der Waals surface area contributed by atoms with Crippen LogP contribution in [0.2, 0.25) is 0 Å². The van der Waals surface area contributed by atoms with Crippen molar-refractivity contribution in [2.45, 2.75) is 0 Å². The van der Waals surface area contributed by atoms with Crippen molar-refractivity contribution in [3.8, 4) is 5.75 Å². The van der Waals surface area contributed by atoms with Gasteiger partial charge in [0.1, 0.15) is 11.1 Å². The topological polar surface area (TPSA) is 35.5 Å². The first-order valence-electron chi connectivity index (χ1n) is 5.42. The predicted octanol–water partition coefficient (Wildman–Crippen LogP) is 3.51. The van der Waals surface area contributed by atoms with E-state index in [0.29, 0.717) is 0 Å². The quantitative estimate of drug-likeness (QED) is 0.806. The minimum absolute atomic E-state index is 0.235. The number of benzene rings is 2. The van der Waals surface area contributed by atoms with Gasteiger partial charge in [-0.15, -0.1) is 0 Å². The first kappa shape index (κ1) is 13.7. The molecule has 1 unspecified atom stereocenters. The van der Waals surface area contributed by atoms with Crippen molar-refractivity contribution in [2.24, 2.45) is 0 Å². The lowest BCUT2D eigenvalue weighted by Gasteiger charge is -2.18. The Morgan fingerprint density at radius 1 is 0.947 bits per heavy atom. The summed E-state index contributed by atoms with van der Waals surface area (Å²) in [5, 5.41) is -0.235. The molecule has 0 bridgehead atoms. The Hall–Kier alpha value is -1.71. The van der Waals surface area contributed by atoms with Crippen LogP contribution in [0.5, 0.6) is 5.75 Å². The van der Waals surface area contributed by atoms with E-state index in [0.717, 1.165) is 19.2 Å². The normalized spacial score (nSPS) is 13.8. The Morgan fingerprint density at radius 3 is 2.11 bits per heavy atom. The maximum atomic E-state index is 13.6. The summed E-state index contributed by atoms with van der Waals surface area (Å²) in [4.78, 5) is 0. The molecule has 0 saturated heterocycles. The fourth-order valence-corrected chi connectivity index (χ4v) is 2.89. The Bertz CT molecular complexity index is 631. The van der Waals surface area contributed by atoms with Gasteiger partial charge in [0.15, 0.2) is 11.6 Å². The Morgan fingerprint density at radius 2 is 1.53 bits per heavy atom. The smallest absolute Gasteiger partial charge is 0.413 e. The van der Waals surface area contributed by atoms with E-state index in [4.69, 9.17) is 9.05 Å². The van der Waals surface area contributed by atoms with Crippen LogP contribution in [0.25, 0.3) is 0 Å². The summed E-state index contributed by atoms with van der Waals surface area (Å²) in [6.45, 7) is 0. The van der Waals surface area contributed by atoms with E-state index in [1.54, 1.807) is 0 Å². The van der Waals surface area contributed by atoms with Crippen molar-refractivity contribution in [1.29, 1.82) is 0 Å². The molecular weight excluding hydrogens is 273 g/mol. The van der Waals surface area contributed by atoms with Gasteiger partial charge >= 0.3 is 7.60 Å². The molecule has 2 aromatic carbocycles. The maximum absolute atomic E-state index is 13.6. The Balaban J connectivity index is 2.42. The van der Waals surface area contributed by atoms with E-state index in [9.17, 15) is 13.3 Å². The molecule has 1 atom stereocenters. The van der Waals surface area contributed by atoms with Gasteiger partial charge in [-0.1, -0.05) is 24.3 Å². The summed E-state index contributed by atoms with van der Waals surface area (Å²) < 4.78 is 49.5. The highest BCUT2D eigenvalue weighted by molar-refractivity contribution is 7.62. The maximum Gasteiger partial charge on any atom is 0.413 e.